The van der Waals surface area contributed by atoms with Crippen LogP contribution in [0.5, 0.6) is 5.75 Å². The zero-order valence-corrected chi connectivity index (χ0v) is 8.53. The standard InChI is InChI=1S/C8H7BrClFO/c9-6-3-7(11)5-8(4-6)12-2-1-10/h3-5H,1-2H2. The van der Waals surface area contributed by atoms with Crippen LogP contribution in [0.3, 0.4) is 0 Å². The lowest BCUT2D eigenvalue weighted by molar-refractivity contribution is 0.340. The molecule has 1 aromatic rings. The number of halogens is 3. The number of benzene rings is 1. The highest BCUT2D eigenvalue weighted by molar-refractivity contribution is 9.10. The molecule has 0 atom stereocenters. The average molecular weight is 253 g/mol. The second kappa shape index (κ2) is 4.67. The summed E-state index contributed by atoms with van der Waals surface area (Å²) in [5.74, 6) is 0.560. The van der Waals surface area contributed by atoms with Crippen LogP contribution < -0.4 is 4.74 Å². The second-order valence-corrected chi connectivity index (χ2v) is 3.44. The lowest BCUT2D eigenvalue weighted by atomic mass is 10.3. The number of ether oxygens (including phenoxy) is 1. The van der Waals surface area contributed by atoms with Crippen molar-refractivity contribution >= 4 is 27.5 Å². The van der Waals surface area contributed by atoms with Gasteiger partial charge >= 0.3 is 0 Å². The number of rotatable bonds is 3. The Hall–Kier alpha value is -0.280. The third kappa shape index (κ3) is 2.99. The van der Waals surface area contributed by atoms with Crippen LogP contribution in [0, 0.1) is 5.82 Å². The molecule has 0 aromatic heterocycles. The van der Waals surface area contributed by atoms with Gasteiger partial charge in [-0.2, -0.15) is 0 Å². The Morgan fingerprint density at radius 1 is 1.42 bits per heavy atom. The highest BCUT2D eigenvalue weighted by Gasteiger charge is 1.98. The average Bonchev–Trinajstić information content (AvgIpc) is 1.99. The summed E-state index contributed by atoms with van der Waals surface area (Å²) >= 11 is 8.55. The van der Waals surface area contributed by atoms with Crippen molar-refractivity contribution in [3.05, 3.63) is 28.5 Å². The fourth-order valence-electron chi connectivity index (χ4n) is 0.768. The normalized spacial score (nSPS) is 9.92. The van der Waals surface area contributed by atoms with E-state index in [1.54, 1.807) is 6.07 Å². The van der Waals surface area contributed by atoms with E-state index in [0.717, 1.165) is 0 Å². The molecule has 1 aromatic carbocycles. The first-order valence-corrected chi connectivity index (χ1v) is 4.70. The Morgan fingerprint density at radius 2 is 2.17 bits per heavy atom. The topological polar surface area (TPSA) is 9.23 Å². The SMILES string of the molecule is Fc1cc(Br)cc(OCCCl)c1. The van der Waals surface area contributed by atoms with E-state index in [4.69, 9.17) is 16.3 Å². The summed E-state index contributed by atoms with van der Waals surface area (Å²) < 4.78 is 18.5. The van der Waals surface area contributed by atoms with E-state index in [0.29, 0.717) is 22.7 Å². The molecular weight excluding hydrogens is 246 g/mol. The van der Waals surface area contributed by atoms with E-state index in [1.807, 2.05) is 0 Å². The van der Waals surface area contributed by atoms with Gasteiger partial charge in [0.1, 0.15) is 18.2 Å². The summed E-state index contributed by atoms with van der Waals surface area (Å²) in [6, 6.07) is 4.38. The summed E-state index contributed by atoms with van der Waals surface area (Å²) in [5, 5.41) is 0. The fraction of sp³-hybridized carbons (Fsp3) is 0.250. The molecule has 0 saturated heterocycles. The van der Waals surface area contributed by atoms with Crippen LogP contribution in [0.15, 0.2) is 22.7 Å². The molecule has 4 heteroatoms. The van der Waals surface area contributed by atoms with E-state index in [9.17, 15) is 4.39 Å². The number of hydrogen-bond acceptors (Lipinski definition) is 1. The van der Waals surface area contributed by atoms with Crippen LogP contribution in [-0.2, 0) is 0 Å². The van der Waals surface area contributed by atoms with Crippen molar-refractivity contribution in [3.8, 4) is 5.75 Å². The van der Waals surface area contributed by atoms with Gasteiger partial charge < -0.3 is 4.74 Å². The summed E-state index contributed by atoms with van der Waals surface area (Å²) in [6.45, 7) is 0.386. The predicted octanol–water partition coefficient (Wildman–Crippen LogP) is 3.21. The minimum atomic E-state index is -0.325. The molecule has 1 rings (SSSR count). The summed E-state index contributed by atoms with van der Waals surface area (Å²) in [7, 11) is 0. The van der Waals surface area contributed by atoms with Crippen LogP contribution in [0.2, 0.25) is 0 Å². The zero-order valence-electron chi connectivity index (χ0n) is 6.19. The van der Waals surface area contributed by atoms with Crippen molar-refractivity contribution < 1.29 is 9.13 Å². The van der Waals surface area contributed by atoms with Gasteiger partial charge in [0.25, 0.3) is 0 Å². The van der Waals surface area contributed by atoms with Crippen LogP contribution in [-0.4, -0.2) is 12.5 Å². The number of hydrogen-bond donors (Lipinski definition) is 0. The molecule has 0 saturated carbocycles. The van der Waals surface area contributed by atoms with Crippen LogP contribution >= 0.6 is 27.5 Å². The Balaban J connectivity index is 2.72. The molecule has 0 fully saturated rings. The molecular formula is C8H7BrClFO. The minimum absolute atomic E-state index is 0.325. The molecule has 0 amide bonds. The highest BCUT2D eigenvalue weighted by atomic mass is 79.9. The van der Waals surface area contributed by atoms with Gasteiger partial charge in [0.2, 0.25) is 0 Å². The molecule has 12 heavy (non-hydrogen) atoms. The monoisotopic (exact) mass is 252 g/mol. The third-order valence-electron chi connectivity index (χ3n) is 1.18. The van der Waals surface area contributed by atoms with Crippen molar-refractivity contribution in [2.24, 2.45) is 0 Å². The molecule has 0 heterocycles. The third-order valence-corrected chi connectivity index (χ3v) is 1.79. The first-order chi connectivity index (χ1) is 5.72. The Labute approximate surface area is 83.6 Å². The van der Waals surface area contributed by atoms with E-state index in [-0.39, 0.29) is 5.82 Å². The quantitative estimate of drug-likeness (QED) is 0.752. The summed E-state index contributed by atoms with van der Waals surface area (Å²) in [6.07, 6.45) is 0. The first-order valence-electron chi connectivity index (χ1n) is 3.37. The summed E-state index contributed by atoms with van der Waals surface area (Å²) in [4.78, 5) is 0. The van der Waals surface area contributed by atoms with Crippen molar-refractivity contribution in [1.29, 1.82) is 0 Å². The van der Waals surface area contributed by atoms with E-state index < -0.39 is 0 Å². The lowest BCUT2D eigenvalue weighted by Crippen LogP contribution is -1.98. The molecule has 1 nitrogen and oxygen atoms in total. The largest absolute Gasteiger partial charge is 0.492 e. The first kappa shape index (κ1) is 9.81. The van der Waals surface area contributed by atoms with E-state index in [1.165, 1.54) is 12.1 Å². The highest BCUT2D eigenvalue weighted by Crippen LogP contribution is 2.20. The second-order valence-electron chi connectivity index (χ2n) is 2.14. The zero-order chi connectivity index (χ0) is 8.97. The maximum Gasteiger partial charge on any atom is 0.128 e. The van der Waals surface area contributed by atoms with Gasteiger partial charge in [0, 0.05) is 10.5 Å². The smallest absolute Gasteiger partial charge is 0.128 e. The van der Waals surface area contributed by atoms with E-state index in [2.05, 4.69) is 15.9 Å². The van der Waals surface area contributed by atoms with Crippen molar-refractivity contribution in [3.63, 3.8) is 0 Å². The van der Waals surface area contributed by atoms with Gasteiger partial charge in [0.05, 0.1) is 5.88 Å². The van der Waals surface area contributed by atoms with Gasteiger partial charge in [-0.15, -0.1) is 11.6 Å². The van der Waals surface area contributed by atoms with Crippen molar-refractivity contribution in [2.75, 3.05) is 12.5 Å². The van der Waals surface area contributed by atoms with Crippen molar-refractivity contribution in [2.45, 2.75) is 0 Å². The minimum Gasteiger partial charge on any atom is -0.492 e. The van der Waals surface area contributed by atoms with Crippen molar-refractivity contribution in [1.82, 2.24) is 0 Å². The van der Waals surface area contributed by atoms with Gasteiger partial charge in [0.15, 0.2) is 0 Å². The molecule has 0 aliphatic carbocycles. The molecule has 0 N–H and O–H groups in total. The fourth-order valence-corrected chi connectivity index (χ4v) is 1.29. The van der Waals surface area contributed by atoms with Crippen LogP contribution in [0.4, 0.5) is 4.39 Å². The van der Waals surface area contributed by atoms with Gasteiger partial charge in [-0.05, 0) is 12.1 Å². The molecule has 0 spiro atoms. The molecule has 0 unspecified atom stereocenters. The van der Waals surface area contributed by atoms with Gasteiger partial charge in [-0.3, -0.25) is 0 Å². The van der Waals surface area contributed by atoms with Crippen LogP contribution in [0.25, 0.3) is 0 Å². The Kier molecular flexibility index (Phi) is 3.82. The molecule has 0 radical (unpaired) electrons. The number of alkyl halides is 1. The Morgan fingerprint density at radius 3 is 2.75 bits per heavy atom. The molecule has 0 aliphatic heterocycles. The van der Waals surface area contributed by atoms with E-state index >= 15 is 0 Å². The summed E-state index contributed by atoms with van der Waals surface area (Å²) in [5.41, 5.74) is 0. The van der Waals surface area contributed by atoms with Gasteiger partial charge in [-0.25, -0.2) is 4.39 Å². The molecule has 66 valence electrons. The Bertz CT molecular complexity index is 247. The molecule has 0 aliphatic rings. The predicted molar refractivity (Wildman–Crippen MR) is 50.3 cm³/mol. The maximum atomic E-state index is 12.7. The van der Waals surface area contributed by atoms with Gasteiger partial charge in [-0.1, -0.05) is 15.9 Å². The molecule has 0 bridgehead atoms. The maximum absolute atomic E-state index is 12.7. The van der Waals surface area contributed by atoms with Crippen LogP contribution in [0.1, 0.15) is 0 Å². The lowest BCUT2D eigenvalue weighted by Gasteiger charge is -2.03.